The Morgan fingerprint density at radius 2 is 2.03 bits per heavy atom. The average Bonchev–Trinajstić information content (AvgIpc) is 3.17. The standard InChI is InChI=1S/C20H28N4O3S2/c1-3-6-18-19(28-23-22-18)20(25)21-13-12-16-7-4-5-14-24(16)29(26,27)17-10-8-15(2)9-11-17/h8-11,16H,3-7,12-14H2,1-2H3,(H,21,25). The van der Waals surface area contributed by atoms with E-state index in [2.05, 4.69) is 14.9 Å². The van der Waals surface area contributed by atoms with Gasteiger partial charge in [-0.25, -0.2) is 8.42 Å². The minimum atomic E-state index is -3.53. The summed E-state index contributed by atoms with van der Waals surface area (Å²) in [5.41, 5.74) is 1.76. The lowest BCUT2D eigenvalue weighted by atomic mass is 10.0. The van der Waals surface area contributed by atoms with Crippen molar-refractivity contribution in [1.82, 2.24) is 19.2 Å². The van der Waals surface area contributed by atoms with Crippen LogP contribution in [0.2, 0.25) is 0 Å². The van der Waals surface area contributed by atoms with Gasteiger partial charge in [0.05, 0.1) is 10.6 Å². The summed E-state index contributed by atoms with van der Waals surface area (Å²) in [5.74, 6) is -0.174. The summed E-state index contributed by atoms with van der Waals surface area (Å²) in [5, 5.41) is 6.95. The SMILES string of the molecule is CCCc1nnsc1C(=O)NCCC1CCCCN1S(=O)(=O)c1ccc(C)cc1. The van der Waals surface area contributed by atoms with Crippen LogP contribution in [0.5, 0.6) is 0 Å². The van der Waals surface area contributed by atoms with E-state index in [1.54, 1.807) is 16.4 Å². The second kappa shape index (κ2) is 9.77. The Morgan fingerprint density at radius 3 is 2.76 bits per heavy atom. The molecular formula is C20H28N4O3S2. The first-order valence-corrected chi connectivity index (χ1v) is 12.3. The molecule has 1 atom stereocenters. The van der Waals surface area contributed by atoms with Gasteiger partial charge in [0, 0.05) is 19.1 Å². The van der Waals surface area contributed by atoms with Crippen LogP contribution in [0, 0.1) is 6.92 Å². The van der Waals surface area contributed by atoms with Crippen LogP contribution in [-0.4, -0.2) is 47.3 Å². The lowest BCUT2D eigenvalue weighted by Gasteiger charge is -2.34. The van der Waals surface area contributed by atoms with Crippen LogP contribution in [0.1, 0.15) is 60.0 Å². The smallest absolute Gasteiger partial charge is 0.264 e. The molecule has 0 bridgehead atoms. The van der Waals surface area contributed by atoms with Crippen LogP contribution in [0.4, 0.5) is 0 Å². The van der Waals surface area contributed by atoms with Crippen molar-refractivity contribution in [2.75, 3.05) is 13.1 Å². The zero-order valence-corrected chi connectivity index (χ0v) is 18.6. The Bertz CT molecular complexity index is 925. The number of rotatable bonds is 8. The monoisotopic (exact) mass is 436 g/mol. The lowest BCUT2D eigenvalue weighted by molar-refractivity contribution is 0.0952. The van der Waals surface area contributed by atoms with Crippen LogP contribution >= 0.6 is 11.5 Å². The maximum atomic E-state index is 13.1. The number of hydrogen-bond acceptors (Lipinski definition) is 6. The third kappa shape index (κ3) is 5.21. The number of nitrogens with one attached hydrogen (secondary N) is 1. The third-order valence-corrected chi connectivity index (χ3v) is 7.95. The second-order valence-electron chi connectivity index (χ2n) is 7.42. The van der Waals surface area contributed by atoms with E-state index in [-0.39, 0.29) is 11.9 Å². The Kier molecular flexibility index (Phi) is 7.37. The molecule has 1 amide bonds. The molecule has 2 heterocycles. The molecular weight excluding hydrogens is 408 g/mol. The Balaban J connectivity index is 1.63. The topological polar surface area (TPSA) is 92.3 Å². The van der Waals surface area contributed by atoms with Gasteiger partial charge >= 0.3 is 0 Å². The molecule has 0 radical (unpaired) electrons. The quantitative estimate of drug-likeness (QED) is 0.686. The van der Waals surface area contributed by atoms with Crippen molar-refractivity contribution in [1.29, 1.82) is 0 Å². The molecule has 29 heavy (non-hydrogen) atoms. The highest BCUT2D eigenvalue weighted by Crippen LogP contribution is 2.27. The summed E-state index contributed by atoms with van der Waals surface area (Å²) < 4.78 is 31.8. The summed E-state index contributed by atoms with van der Waals surface area (Å²) in [6.45, 7) is 4.92. The lowest BCUT2D eigenvalue weighted by Crippen LogP contribution is -2.45. The van der Waals surface area contributed by atoms with Crippen LogP contribution in [0.3, 0.4) is 0 Å². The molecule has 0 saturated carbocycles. The molecule has 1 aliphatic rings. The molecule has 1 fully saturated rings. The molecule has 9 heteroatoms. The normalized spacial score (nSPS) is 17.9. The number of benzene rings is 1. The van der Waals surface area contributed by atoms with Crippen molar-refractivity contribution < 1.29 is 13.2 Å². The third-order valence-electron chi connectivity index (χ3n) is 5.21. The van der Waals surface area contributed by atoms with Crippen molar-refractivity contribution in [3.63, 3.8) is 0 Å². The average molecular weight is 437 g/mol. The van der Waals surface area contributed by atoms with Crippen molar-refractivity contribution in [3.05, 3.63) is 40.4 Å². The van der Waals surface area contributed by atoms with Crippen LogP contribution in [-0.2, 0) is 16.4 Å². The fourth-order valence-corrected chi connectivity index (χ4v) is 5.99. The number of piperidine rings is 1. The van der Waals surface area contributed by atoms with E-state index >= 15 is 0 Å². The van der Waals surface area contributed by atoms with Crippen LogP contribution in [0.15, 0.2) is 29.2 Å². The van der Waals surface area contributed by atoms with Crippen molar-refractivity contribution >= 4 is 27.5 Å². The number of carbonyl (C=O) groups is 1. The van der Waals surface area contributed by atoms with E-state index in [9.17, 15) is 13.2 Å². The number of sulfonamides is 1. The fourth-order valence-electron chi connectivity index (χ4n) is 3.64. The van der Waals surface area contributed by atoms with Gasteiger partial charge in [0.25, 0.3) is 5.91 Å². The minimum Gasteiger partial charge on any atom is -0.351 e. The molecule has 1 aromatic carbocycles. The molecule has 2 aromatic rings. The maximum absolute atomic E-state index is 13.1. The second-order valence-corrected chi connectivity index (χ2v) is 10.1. The van der Waals surface area contributed by atoms with Crippen LogP contribution < -0.4 is 5.32 Å². The van der Waals surface area contributed by atoms with Gasteiger partial charge in [-0.05, 0) is 56.3 Å². The maximum Gasteiger partial charge on any atom is 0.264 e. The Labute approximate surface area is 176 Å². The molecule has 7 nitrogen and oxygen atoms in total. The van der Waals surface area contributed by atoms with E-state index in [1.165, 1.54) is 0 Å². The van der Waals surface area contributed by atoms with Gasteiger partial charge in [0.1, 0.15) is 4.88 Å². The first-order chi connectivity index (χ1) is 13.9. The fraction of sp³-hybridized carbons (Fsp3) is 0.550. The van der Waals surface area contributed by atoms with E-state index in [0.717, 1.165) is 54.9 Å². The number of amides is 1. The summed E-state index contributed by atoms with van der Waals surface area (Å²) in [7, 11) is -3.53. The van der Waals surface area contributed by atoms with Crippen LogP contribution in [0.25, 0.3) is 0 Å². The van der Waals surface area contributed by atoms with Crippen molar-refractivity contribution in [2.45, 2.75) is 63.3 Å². The molecule has 0 aliphatic carbocycles. The molecule has 1 N–H and O–H groups in total. The highest BCUT2D eigenvalue weighted by molar-refractivity contribution is 7.89. The van der Waals surface area contributed by atoms with Gasteiger partial charge in [0.15, 0.2) is 0 Å². The first kappa shape index (κ1) is 21.9. The van der Waals surface area contributed by atoms with Gasteiger partial charge in [-0.3, -0.25) is 4.79 Å². The van der Waals surface area contributed by atoms with Gasteiger partial charge < -0.3 is 5.32 Å². The van der Waals surface area contributed by atoms with Gasteiger partial charge in [0.2, 0.25) is 10.0 Å². The summed E-state index contributed by atoms with van der Waals surface area (Å²) in [6, 6.07) is 6.88. The van der Waals surface area contributed by atoms with Crippen molar-refractivity contribution in [3.8, 4) is 0 Å². The van der Waals surface area contributed by atoms with Gasteiger partial charge in [-0.2, -0.15) is 4.31 Å². The highest BCUT2D eigenvalue weighted by Gasteiger charge is 2.33. The molecule has 1 aromatic heterocycles. The molecule has 1 unspecified atom stereocenters. The van der Waals surface area contributed by atoms with E-state index in [4.69, 9.17) is 0 Å². The predicted octanol–water partition coefficient (Wildman–Crippen LogP) is 3.16. The summed E-state index contributed by atoms with van der Waals surface area (Å²) in [6.07, 6.45) is 4.89. The Hall–Kier alpha value is -1.84. The molecule has 1 saturated heterocycles. The molecule has 0 spiro atoms. The zero-order valence-electron chi connectivity index (χ0n) is 16.9. The summed E-state index contributed by atoms with van der Waals surface area (Å²) in [4.78, 5) is 13.3. The minimum absolute atomic E-state index is 0.106. The molecule has 3 rings (SSSR count). The first-order valence-electron chi connectivity index (χ1n) is 10.1. The van der Waals surface area contributed by atoms with Crippen molar-refractivity contribution in [2.24, 2.45) is 0 Å². The number of hydrogen-bond donors (Lipinski definition) is 1. The molecule has 1 aliphatic heterocycles. The number of aryl methyl sites for hydroxylation is 2. The largest absolute Gasteiger partial charge is 0.351 e. The van der Waals surface area contributed by atoms with E-state index in [0.29, 0.717) is 29.3 Å². The van der Waals surface area contributed by atoms with Gasteiger partial charge in [-0.15, -0.1) is 5.10 Å². The van der Waals surface area contributed by atoms with E-state index < -0.39 is 10.0 Å². The zero-order chi connectivity index (χ0) is 20.9. The highest BCUT2D eigenvalue weighted by atomic mass is 32.2. The van der Waals surface area contributed by atoms with Gasteiger partial charge in [-0.1, -0.05) is 41.9 Å². The number of carbonyl (C=O) groups excluding carboxylic acids is 1. The summed E-state index contributed by atoms with van der Waals surface area (Å²) >= 11 is 1.11. The molecule has 158 valence electrons. The predicted molar refractivity (Wildman–Crippen MR) is 114 cm³/mol. The number of nitrogens with zero attached hydrogens (tertiary/aromatic N) is 3. The number of aromatic nitrogens is 2. The van der Waals surface area contributed by atoms with E-state index in [1.807, 2.05) is 26.0 Å². The Morgan fingerprint density at radius 1 is 1.28 bits per heavy atom.